The lowest BCUT2D eigenvalue weighted by atomic mass is 9.97. The number of carbonyl (C=O) groups excluding carboxylic acids is 1. The number of aromatic nitrogens is 1. The number of hydrogen-bond donors (Lipinski definition) is 1. The summed E-state index contributed by atoms with van der Waals surface area (Å²) in [7, 11) is 0. The van der Waals surface area contributed by atoms with E-state index >= 15 is 0 Å². The summed E-state index contributed by atoms with van der Waals surface area (Å²) in [6.07, 6.45) is 2.04. The van der Waals surface area contributed by atoms with Crippen LogP contribution in [0.5, 0.6) is 0 Å². The zero-order valence-corrected chi connectivity index (χ0v) is 17.6. The van der Waals surface area contributed by atoms with Gasteiger partial charge in [0.05, 0.1) is 27.3 Å². The minimum Gasteiger partial charge on any atom is -0.315 e. The predicted molar refractivity (Wildman–Crippen MR) is 115 cm³/mol. The van der Waals surface area contributed by atoms with Gasteiger partial charge in [0.1, 0.15) is 11.1 Å². The number of piperidine rings is 1. The van der Waals surface area contributed by atoms with Crippen LogP contribution in [-0.2, 0) is 4.79 Å². The number of thiazole rings is 1. The zero-order chi connectivity index (χ0) is 19.7. The summed E-state index contributed by atoms with van der Waals surface area (Å²) in [6, 6.07) is 10.5. The first-order valence-electron chi connectivity index (χ1n) is 9.43. The number of hydrogen-bond acceptors (Lipinski definition) is 6. The standard InChI is InChI=1S/C21H22N4OS2/c1-13-14(2)27-21(16(13)11-22)24-19(26)12-25-9-7-15(8-10-25)20-23-17-5-3-4-6-18(17)28-20/h3-6,15H,7-10,12H2,1-2H3,(H,24,26). The third-order valence-corrected chi connectivity index (χ3v) is 7.69. The first-order chi connectivity index (χ1) is 13.5. The van der Waals surface area contributed by atoms with Crippen LogP contribution in [0.3, 0.4) is 0 Å². The van der Waals surface area contributed by atoms with E-state index in [1.54, 1.807) is 11.3 Å². The molecule has 1 amide bonds. The molecule has 0 unspecified atom stereocenters. The van der Waals surface area contributed by atoms with Crippen LogP contribution in [0.25, 0.3) is 10.2 Å². The van der Waals surface area contributed by atoms with Crippen molar-refractivity contribution in [3.8, 4) is 6.07 Å². The molecule has 0 aliphatic carbocycles. The second-order valence-corrected chi connectivity index (χ2v) is 9.50. The van der Waals surface area contributed by atoms with Gasteiger partial charge >= 0.3 is 0 Å². The van der Waals surface area contributed by atoms with Crippen molar-refractivity contribution in [2.75, 3.05) is 25.0 Å². The molecule has 28 heavy (non-hydrogen) atoms. The van der Waals surface area contributed by atoms with Gasteiger partial charge in [0.25, 0.3) is 0 Å². The van der Waals surface area contributed by atoms with Gasteiger partial charge in [0, 0.05) is 10.8 Å². The number of nitrogens with zero attached hydrogens (tertiary/aromatic N) is 3. The number of carbonyl (C=O) groups is 1. The third-order valence-electron chi connectivity index (χ3n) is 5.36. The molecule has 5 nitrogen and oxygen atoms in total. The molecule has 7 heteroatoms. The number of nitrogens with one attached hydrogen (secondary N) is 1. The van der Waals surface area contributed by atoms with Gasteiger partial charge in [-0.2, -0.15) is 5.26 Å². The highest BCUT2D eigenvalue weighted by atomic mass is 32.1. The highest BCUT2D eigenvalue weighted by molar-refractivity contribution is 7.18. The summed E-state index contributed by atoms with van der Waals surface area (Å²) < 4.78 is 1.24. The molecule has 1 saturated heterocycles. The van der Waals surface area contributed by atoms with Gasteiger partial charge in [0.2, 0.25) is 5.91 Å². The van der Waals surface area contributed by atoms with E-state index in [9.17, 15) is 10.1 Å². The lowest BCUT2D eigenvalue weighted by molar-refractivity contribution is -0.117. The van der Waals surface area contributed by atoms with Crippen molar-refractivity contribution in [2.24, 2.45) is 0 Å². The van der Waals surface area contributed by atoms with E-state index in [0.717, 1.165) is 41.9 Å². The van der Waals surface area contributed by atoms with Crippen LogP contribution in [-0.4, -0.2) is 35.4 Å². The molecular formula is C21H22N4OS2. The Balaban J connectivity index is 1.33. The van der Waals surface area contributed by atoms with Crippen molar-refractivity contribution in [2.45, 2.75) is 32.6 Å². The summed E-state index contributed by atoms with van der Waals surface area (Å²) in [5.74, 6) is 0.431. The molecule has 2 aromatic heterocycles. The lowest BCUT2D eigenvalue weighted by Crippen LogP contribution is -2.38. The number of para-hydroxylation sites is 1. The average Bonchev–Trinajstić information content (AvgIpc) is 3.23. The molecule has 3 aromatic rings. The molecular weight excluding hydrogens is 388 g/mol. The molecule has 3 heterocycles. The third kappa shape index (κ3) is 3.81. The largest absolute Gasteiger partial charge is 0.315 e. The van der Waals surface area contributed by atoms with E-state index in [4.69, 9.17) is 4.98 Å². The van der Waals surface area contributed by atoms with Gasteiger partial charge < -0.3 is 5.32 Å². The molecule has 1 N–H and O–H groups in total. The number of anilines is 1. The van der Waals surface area contributed by atoms with Crippen molar-refractivity contribution < 1.29 is 4.79 Å². The zero-order valence-electron chi connectivity index (χ0n) is 16.0. The van der Waals surface area contributed by atoms with E-state index in [2.05, 4.69) is 34.5 Å². The molecule has 1 fully saturated rings. The molecule has 0 atom stereocenters. The van der Waals surface area contributed by atoms with Crippen LogP contribution < -0.4 is 5.32 Å². The summed E-state index contributed by atoms with van der Waals surface area (Å²) in [4.78, 5) is 20.5. The number of benzene rings is 1. The molecule has 4 rings (SSSR count). The SMILES string of the molecule is Cc1sc(NC(=O)CN2CCC(c3nc4ccccc4s3)CC2)c(C#N)c1C. The van der Waals surface area contributed by atoms with Crippen molar-refractivity contribution >= 4 is 43.8 Å². The maximum Gasteiger partial charge on any atom is 0.239 e. The first-order valence-corrected chi connectivity index (χ1v) is 11.1. The Morgan fingerprint density at radius 1 is 1.29 bits per heavy atom. The van der Waals surface area contributed by atoms with E-state index in [1.807, 2.05) is 19.9 Å². The maximum atomic E-state index is 12.5. The molecule has 1 aliphatic rings. The predicted octanol–water partition coefficient (Wildman–Crippen LogP) is 4.66. The molecule has 1 aromatic carbocycles. The molecule has 0 radical (unpaired) electrons. The van der Waals surface area contributed by atoms with Crippen LogP contribution >= 0.6 is 22.7 Å². The molecule has 0 bridgehead atoms. The van der Waals surface area contributed by atoms with Crippen LogP contribution in [0.4, 0.5) is 5.00 Å². The summed E-state index contributed by atoms with van der Waals surface area (Å²) in [5, 5.41) is 14.2. The number of likely N-dealkylation sites (tertiary alicyclic amines) is 1. The molecule has 1 aliphatic heterocycles. The van der Waals surface area contributed by atoms with Crippen molar-refractivity contribution in [1.29, 1.82) is 5.26 Å². The fraction of sp³-hybridized carbons (Fsp3) is 0.381. The van der Waals surface area contributed by atoms with Crippen molar-refractivity contribution in [1.82, 2.24) is 9.88 Å². The summed E-state index contributed by atoms with van der Waals surface area (Å²) in [6.45, 7) is 6.05. The summed E-state index contributed by atoms with van der Waals surface area (Å²) in [5.41, 5.74) is 2.63. The topological polar surface area (TPSA) is 69.0 Å². The number of nitriles is 1. The van der Waals surface area contributed by atoms with Gasteiger partial charge in [0.15, 0.2) is 0 Å². The first kappa shape index (κ1) is 19.1. The fourth-order valence-corrected chi connectivity index (χ4v) is 5.79. The number of thiophene rings is 1. The van der Waals surface area contributed by atoms with Crippen LogP contribution in [0.15, 0.2) is 24.3 Å². The van der Waals surface area contributed by atoms with Crippen molar-refractivity contribution in [3.63, 3.8) is 0 Å². The van der Waals surface area contributed by atoms with Gasteiger partial charge in [-0.1, -0.05) is 12.1 Å². The Kier molecular flexibility index (Phi) is 5.44. The van der Waals surface area contributed by atoms with Crippen LogP contribution in [0.2, 0.25) is 0 Å². The maximum absolute atomic E-state index is 12.5. The van der Waals surface area contributed by atoms with E-state index in [1.165, 1.54) is 21.0 Å². The smallest absolute Gasteiger partial charge is 0.239 e. The van der Waals surface area contributed by atoms with Crippen LogP contribution in [0, 0.1) is 25.2 Å². The van der Waals surface area contributed by atoms with Crippen LogP contribution in [0.1, 0.15) is 39.8 Å². The highest BCUT2D eigenvalue weighted by Gasteiger charge is 2.25. The second kappa shape index (κ2) is 8.00. The number of rotatable bonds is 4. The van der Waals surface area contributed by atoms with E-state index in [-0.39, 0.29) is 5.91 Å². The van der Waals surface area contributed by atoms with E-state index < -0.39 is 0 Å². The molecule has 0 spiro atoms. The Morgan fingerprint density at radius 3 is 2.75 bits per heavy atom. The van der Waals surface area contributed by atoms with Gasteiger partial charge in [-0.15, -0.1) is 22.7 Å². The van der Waals surface area contributed by atoms with Gasteiger partial charge in [-0.25, -0.2) is 4.98 Å². The number of amides is 1. The highest BCUT2D eigenvalue weighted by Crippen LogP contribution is 2.34. The molecule has 144 valence electrons. The van der Waals surface area contributed by atoms with E-state index in [0.29, 0.717) is 23.0 Å². The monoisotopic (exact) mass is 410 g/mol. The fourth-order valence-electron chi connectivity index (χ4n) is 3.62. The summed E-state index contributed by atoms with van der Waals surface area (Å²) >= 11 is 3.27. The van der Waals surface area contributed by atoms with Gasteiger partial charge in [-0.3, -0.25) is 9.69 Å². The minimum absolute atomic E-state index is 0.0452. The quantitative estimate of drug-likeness (QED) is 0.679. The average molecular weight is 411 g/mol. The second-order valence-electron chi connectivity index (χ2n) is 7.22. The number of fused-ring (bicyclic) bond motifs is 1. The Hall–Kier alpha value is -2.27. The van der Waals surface area contributed by atoms with Crippen molar-refractivity contribution in [3.05, 3.63) is 45.3 Å². The normalized spacial score (nSPS) is 15.6. The molecule has 0 saturated carbocycles. The Morgan fingerprint density at radius 2 is 2.04 bits per heavy atom. The lowest BCUT2D eigenvalue weighted by Gasteiger charge is -2.30. The van der Waals surface area contributed by atoms with Gasteiger partial charge in [-0.05, 0) is 57.5 Å². The Bertz CT molecular complexity index is 1020. The Labute approximate surface area is 172 Å². The minimum atomic E-state index is -0.0452. The number of aryl methyl sites for hydroxylation is 1.